The summed E-state index contributed by atoms with van der Waals surface area (Å²) in [7, 11) is 1.27. The Morgan fingerprint density at radius 1 is 1.45 bits per heavy atom. The van der Waals surface area contributed by atoms with Crippen molar-refractivity contribution in [3.63, 3.8) is 0 Å². The van der Waals surface area contributed by atoms with E-state index in [4.69, 9.17) is 0 Å². The number of aromatic nitrogens is 4. The topological polar surface area (TPSA) is 93.0 Å². The second-order valence-electron chi connectivity index (χ2n) is 3.51. The molecule has 0 unspecified atom stereocenters. The molecule has 7 nitrogen and oxygen atoms in total. The van der Waals surface area contributed by atoms with Crippen molar-refractivity contribution in [2.24, 2.45) is 0 Å². The van der Waals surface area contributed by atoms with E-state index < -0.39 is 5.97 Å². The number of aromatic amines is 1. The summed E-state index contributed by atoms with van der Waals surface area (Å²) in [5.41, 5.74) is 0. The van der Waals surface area contributed by atoms with Crippen LogP contribution in [0.5, 0.6) is 5.75 Å². The standard InChI is InChI=1S/C9H8N2O3S.C3H4N2/c1-14-9(13)8-6(12)5-7(15-8)11-4-2-3-10-11;1-2-4-5-3-1/h2-5,12H,1H3;1-3H,(H,4,5). The molecule has 3 rings (SSSR count). The van der Waals surface area contributed by atoms with Crippen LogP contribution in [0.15, 0.2) is 43.0 Å². The molecular weight excluding hydrogens is 280 g/mol. The summed E-state index contributed by atoms with van der Waals surface area (Å²) >= 11 is 1.13. The predicted molar refractivity (Wildman–Crippen MR) is 73.0 cm³/mol. The Balaban J connectivity index is 0.000000247. The van der Waals surface area contributed by atoms with Gasteiger partial charge in [-0.25, -0.2) is 9.48 Å². The number of nitrogens with zero attached hydrogens (tertiary/aromatic N) is 3. The quantitative estimate of drug-likeness (QED) is 0.703. The maximum absolute atomic E-state index is 11.2. The van der Waals surface area contributed by atoms with Crippen molar-refractivity contribution in [3.8, 4) is 10.8 Å². The number of esters is 1. The number of aromatic hydroxyl groups is 1. The van der Waals surface area contributed by atoms with Crippen LogP contribution in [-0.4, -0.2) is 38.2 Å². The monoisotopic (exact) mass is 292 g/mol. The van der Waals surface area contributed by atoms with Crippen LogP contribution in [0.2, 0.25) is 0 Å². The number of H-pyrrole nitrogens is 1. The minimum absolute atomic E-state index is 0.0858. The third-order valence-electron chi connectivity index (χ3n) is 2.21. The zero-order chi connectivity index (χ0) is 14.4. The molecule has 0 aromatic carbocycles. The third kappa shape index (κ3) is 3.23. The fourth-order valence-electron chi connectivity index (χ4n) is 1.34. The smallest absolute Gasteiger partial charge is 0.351 e. The van der Waals surface area contributed by atoms with E-state index in [-0.39, 0.29) is 10.6 Å². The van der Waals surface area contributed by atoms with Crippen molar-refractivity contribution in [1.82, 2.24) is 20.0 Å². The Hall–Kier alpha value is -2.61. The molecule has 0 radical (unpaired) electrons. The molecule has 0 aliphatic heterocycles. The number of hydrogen-bond acceptors (Lipinski definition) is 6. The van der Waals surface area contributed by atoms with E-state index in [0.29, 0.717) is 5.00 Å². The molecule has 0 saturated carbocycles. The van der Waals surface area contributed by atoms with Gasteiger partial charge in [0.25, 0.3) is 0 Å². The van der Waals surface area contributed by atoms with Gasteiger partial charge < -0.3 is 9.84 Å². The van der Waals surface area contributed by atoms with E-state index in [2.05, 4.69) is 20.0 Å². The molecule has 104 valence electrons. The minimum atomic E-state index is -0.545. The molecule has 0 aliphatic carbocycles. The second-order valence-corrected chi connectivity index (χ2v) is 4.54. The maximum atomic E-state index is 11.2. The SMILES string of the molecule is COC(=O)c1sc(-n2cccn2)cc1O.c1cn[nH]c1. The molecular formula is C12H12N4O3S. The number of ether oxygens (including phenoxy) is 1. The first kappa shape index (κ1) is 13.8. The van der Waals surface area contributed by atoms with Gasteiger partial charge in [0.05, 0.1) is 7.11 Å². The van der Waals surface area contributed by atoms with Gasteiger partial charge in [-0.05, 0) is 12.1 Å². The van der Waals surface area contributed by atoms with Crippen molar-refractivity contribution < 1.29 is 14.6 Å². The van der Waals surface area contributed by atoms with E-state index in [9.17, 15) is 9.90 Å². The molecule has 0 saturated heterocycles. The van der Waals surface area contributed by atoms with Crippen LogP contribution >= 0.6 is 11.3 Å². The Kier molecular flexibility index (Phi) is 4.51. The molecule has 8 heteroatoms. The Labute approximate surface area is 118 Å². The molecule has 0 aliphatic rings. The summed E-state index contributed by atoms with van der Waals surface area (Å²) in [6, 6.07) is 5.07. The largest absolute Gasteiger partial charge is 0.506 e. The number of carbonyl (C=O) groups excluding carboxylic acids is 1. The lowest BCUT2D eigenvalue weighted by molar-refractivity contribution is 0.0603. The van der Waals surface area contributed by atoms with Crippen LogP contribution in [0.25, 0.3) is 5.00 Å². The first-order valence-corrected chi connectivity index (χ1v) is 6.39. The van der Waals surface area contributed by atoms with E-state index in [1.54, 1.807) is 35.5 Å². The van der Waals surface area contributed by atoms with Crippen LogP contribution < -0.4 is 0 Å². The van der Waals surface area contributed by atoms with E-state index in [0.717, 1.165) is 11.3 Å². The number of thiophene rings is 1. The van der Waals surface area contributed by atoms with Crippen molar-refractivity contribution in [2.75, 3.05) is 7.11 Å². The third-order valence-corrected chi connectivity index (χ3v) is 3.30. The maximum Gasteiger partial charge on any atom is 0.351 e. The first-order valence-electron chi connectivity index (χ1n) is 5.57. The molecule has 20 heavy (non-hydrogen) atoms. The van der Waals surface area contributed by atoms with Crippen LogP contribution in [0.4, 0.5) is 0 Å². The summed E-state index contributed by atoms with van der Waals surface area (Å²) in [6.07, 6.45) is 6.81. The number of nitrogens with one attached hydrogen (secondary N) is 1. The Morgan fingerprint density at radius 3 is 2.80 bits per heavy atom. The highest BCUT2D eigenvalue weighted by atomic mass is 32.1. The molecule has 0 spiro atoms. The first-order chi connectivity index (χ1) is 9.72. The average Bonchev–Trinajstić information content (AvgIpc) is 3.20. The lowest BCUT2D eigenvalue weighted by atomic mass is 10.4. The summed E-state index contributed by atoms with van der Waals surface area (Å²) in [5.74, 6) is -0.631. The number of rotatable bonds is 2. The van der Waals surface area contributed by atoms with Crippen molar-refractivity contribution in [1.29, 1.82) is 0 Å². The number of hydrogen-bond donors (Lipinski definition) is 2. The van der Waals surface area contributed by atoms with Crippen LogP contribution in [0.1, 0.15) is 9.67 Å². The highest BCUT2D eigenvalue weighted by molar-refractivity contribution is 7.16. The van der Waals surface area contributed by atoms with Gasteiger partial charge in [-0.15, -0.1) is 11.3 Å². The molecule has 3 heterocycles. The van der Waals surface area contributed by atoms with Crippen LogP contribution in [0, 0.1) is 0 Å². The lowest BCUT2D eigenvalue weighted by Gasteiger charge is -1.94. The molecule has 2 N–H and O–H groups in total. The van der Waals surface area contributed by atoms with Crippen molar-refractivity contribution >= 4 is 17.3 Å². The van der Waals surface area contributed by atoms with Gasteiger partial charge >= 0.3 is 5.97 Å². The Bertz CT molecular complexity index is 629. The summed E-state index contributed by atoms with van der Waals surface area (Å²) < 4.78 is 6.10. The summed E-state index contributed by atoms with van der Waals surface area (Å²) in [4.78, 5) is 11.4. The minimum Gasteiger partial charge on any atom is -0.506 e. The van der Waals surface area contributed by atoms with E-state index in [1.807, 2.05) is 6.07 Å². The van der Waals surface area contributed by atoms with E-state index in [1.165, 1.54) is 13.2 Å². The molecule has 3 aromatic heterocycles. The zero-order valence-corrected chi connectivity index (χ0v) is 11.4. The fraction of sp³-hybridized carbons (Fsp3) is 0.0833. The van der Waals surface area contributed by atoms with Gasteiger partial charge in [0, 0.05) is 30.9 Å². The molecule has 3 aromatic rings. The van der Waals surface area contributed by atoms with Gasteiger partial charge in [0.2, 0.25) is 0 Å². The highest BCUT2D eigenvalue weighted by Gasteiger charge is 2.17. The number of methoxy groups -OCH3 is 1. The van der Waals surface area contributed by atoms with Gasteiger partial charge in [0.1, 0.15) is 10.8 Å². The fourth-order valence-corrected chi connectivity index (χ4v) is 2.25. The molecule has 0 amide bonds. The second kappa shape index (κ2) is 6.53. The van der Waals surface area contributed by atoms with Crippen molar-refractivity contribution in [3.05, 3.63) is 47.9 Å². The van der Waals surface area contributed by atoms with Crippen LogP contribution in [-0.2, 0) is 4.74 Å². The normalized spacial score (nSPS) is 9.65. The van der Waals surface area contributed by atoms with Gasteiger partial charge in [-0.3, -0.25) is 5.10 Å². The van der Waals surface area contributed by atoms with E-state index >= 15 is 0 Å². The lowest BCUT2D eigenvalue weighted by Crippen LogP contribution is -1.97. The van der Waals surface area contributed by atoms with Crippen LogP contribution in [0.3, 0.4) is 0 Å². The summed E-state index contributed by atoms with van der Waals surface area (Å²) in [6.45, 7) is 0. The summed E-state index contributed by atoms with van der Waals surface area (Å²) in [5, 5.41) is 20.4. The zero-order valence-electron chi connectivity index (χ0n) is 10.6. The van der Waals surface area contributed by atoms with Gasteiger partial charge in [-0.1, -0.05) is 0 Å². The Morgan fingerprint density at radius 2 is 2.30 bits per heavy atom. The van der Waals surface area contributed by atoms with Gasteiger partial charge in [0.15, 0.2) is 4.88 Å². The molecule has 0 atom stereocenters. The highest BCUT2D eigenvalue weighted by Crippen LogP contribution is 2.30. The molecule has 0 bridgehead atoms. The van der Waals surface area contributed by atoms with Crippen molar-refractivity contribution in [2.45, 2.75) is 0 Å². The van der Waals surface area contributed by atoms with Gasteiger partial charge in [-0.2, -0.15) is 10.2 Å². The predicted octanol–water partition coefficient (Wildman–Crippen LogP) is 1.84. The average molecular weight is 292 g/mol. The number of carbonyl (C=O) groups is 1. The molecule has 0 fully saturated rings.